The van der Waals surface area contributed by atoms with Crippen LogP contribution in [0.25, 0.3) is 0 Å². The average molecular weight is 409 g/mol. The van der Waals surface area contributed by atoms with E-state index >= 15 is 0 Å². The lowest BCUT2D eigenvalue weighted by Gasteiger charge is -2.29. The van der Waals surface area contributed by atoms with Crippen molar-refractivity contribution in [3.05, 3.63) is 22.5 Å². The Morgan fingerprint density at radius 2 is 1.76 bits per heavy atom. The Bertz CT molecular complexity index is 736. The number of Topliss-reactive ketones (excluding diaryl/α,β-unsaturated/α-hetero) is 1. The first-order valence-electron chi connectivity index (χ1n) is 10.2. The molecule has 0 aliphatic carbocycles. The van der Waals surface area contributed by atoms with Crippen LogP contribution in [-0.2, 0) is 21.3 Å². The second-order valence-corrected chi connectivity index (χ2v) is 7.76. The highest BCUT2D eigenvalue weighted by molar-refractivity contribution is 6.06. The van der Waals surface area contributed by atoms with E-state index in [1.807, 2.05) is 20.8 Å². The molecule has 0 spiro atoms. The fourth-order valence-corrected chi connectivity index (χ4v) is 3.56. The van der Waals surface area contributed by atoms with Crippen LogP contribution >= 0.6 is 0 Å². The summed E-state index contributed by atoms with van der Waals surface area (Å²) in [5, 5.41) is 0. The van der Waals surface area contributed by atoms with Crippen LogP contribution in [0.15, 0.2) is 0 Å². The highest BCUT2D eigenvalue weighted by atomic mass is 16.5. The van der Waals surface area contributed by atoms with Gasteiger partial charge in [0.25, 0.3) is 0 Å². The second-order valence-electron chi connectivity index (χ2n) is 7.76. The zero-order chi connectivity index (χ0) is 22.3. The molecule has 1 amide bonds. The highest BCUT2D eigenvalue weighted by Gasteiger charge is 2.32. The molecule has 7 heteroatoms. The topological polar surface area (TPSA) is 77.8 Å². The molecule has 0 aliphatic heterocycles. The van der Waals surface area contributed by atoms with Gasteiger partial charge in [0.15, 0.2) is 5.78 Å². The maximum atomic E-state index is 13.4. The first-order chi connectivity index (χ1) is 13.6. The summed E-state index contributed by atoms with van der Waals surface area (Å²) in [6.07, 6.45) is 1.04. The van der Waals surface area contributed by atoms with Crippen LogP contribution in [0.3, 0.4) is 0 Å². The maximum Gasteiger partial charge on any atom is 0.354 e. The van der Waals surface area contributed by atoms with Gasteiger partial charge >= 0.3 is 5.97 Å². The zero-order valence-electron chi connectivity index (χ0n) is 19.1. The van der Waals surface area contributed by atoms with E-state index in [9.17, 15) is 14.4 Å². The molecule has 1 aromatic heterocycles. The monoisotopic (exact) mass is 408 g/mol. The van der Waals surface area contributed by atoms with E-state index in [0.29, 0.717) is 55.1 Å². The number of aromatic nitrogens is 1. The summed E-state index contributed by atoms with van der Waals surface area (Å²) in [5.74, 6) is -0.495. The Labute approximate surface area is 174 Å². The van der Waals surface area contributed by atoms with Gasteiger partial charge in [-0.25, -0.2) is 4.79 Å². The van der Waals surface area contributed by atoms with Gasteiger partial charge < -0.3 is 18.9 Å². The largest absolute Gasteiger partial charge is 0.464 e. The molecule has 0 aliphatic rings. The van der Waals surface area contributed by atoms with Gasteiger partial charge in [-0.3, -0.25) is 9.59 Å². The van der Waals surface area contributed by atoms with Gasteiger partial charge in [-0.1, -0.05) is 13.8 Å². The number of hydrogen-bond donors (Lipinski definition) is 0. The van der Waals surface area contributed by atoms with Crippen molar-refractivity contribution in [3.63, 3.8) is 0 Å². The summed E-state index contributed by atoms with van der Waals surface area (Å²) >= 11 is 0. The Balaban J connectivity index is 3.21. The second kappa shape index (κ2) is 11.1. The smallest absolute Gasteiger partial charge is 0.354 e. The van der Waals surface area contributed by atoms with Crippen LogP contribution in [-0.4, -0.2) is 60.0 Å². The fraction of sp³-hybridized carbons (Fsp3) is 0.682. The van der Waals surface area contributed by atoms with Crippen LogP contribution in [0.2, 0.25) is 0 Å². The van der Waals surface area contributed by atoms with Crippen LogP contribution in [0.4, 0.5) is 0 Å². The first kappa shape index (κ1) is 24.9. The van der Waals surface area contributed by atoms with Crippen LogP contribution in [0.1, 0.15) is 72.6 Å². The minimum Gasteiger partial charge on any atom is -0.464 e. The third-order valence-electron chi connectivity index (χ3n) is 5.20. The summed E-state index contributed by atoms with van der Waals surface area (Å²) in [6, 6.07) is -0.631. The summed E-state index contributed by atoms with van der Waals surface area (Å²) in [7, 11) is 3.05. The molecule has 1 unspecified atom stereocenters. The average Bonchev–Trinajstić information content (AvgIpc) is 2.88. The minimum absolute atomic E-state index is 0.0447. The van der Waals surface area contributed by atoms with E-state index in [1.165, 1.54) is 7.11 Å². The van der Waals surface area contributed by atoms with Crippen molar-refractivity contribution in [3.8, 4) is 0 Å². The molecule has 29 heavy (non-hydrogen) atoms. The molecule has 0 N–H and O–H groups in total. The van der Waals surface area contributed by atoms with Crippen LogP contribution < -0.4 is 0 Å². The summed E-state index contributed by atoms with van der Waals surface area (Å²) in [5.41, 5.74) is 2.11. The third-order valence-corrected chi connectivity index (χ3v) is 5.20. The third kappa shape index (κ3) is 5.92. The molecular weight excluding hydrogens is 372 g/mol. The summed E-state index contributed by atoms with van der Waals surface area (Å²) in [4.78, 5) is 40.0. The normalized spacial score (nSPS) is 12.2. The van der Waals surface area contributed by atoms with E-state index in [1.54, 1.807) is 37.3 Å². The Kier molecular flexibility index (Phi) is 9.56. The molecule has 1 atom stereocenters. The Morgan fingerprint density at radius 3 is 2.28 bits per heavy atom. The predicted octanol–water partition coefficient (Wildman–Crippen LogP) is 3.30. The summed E-state index contributed by atoms with van der Waals surface area (Å²) < 4.78 is 11.9. The van der Waals surface area contributed by atoms with Gasteiger partial charge in [-0.2, -0.15) is 0 Å². The number of rotatable bonds is 11. The van der Waals surface area contributed by atoms with Crippen molar-refractivity contribution in [1.82, 2.24) is 9.47 Å². The lowest BCUT2D eigenvalue weighted by atomic mass is 9.99. The van der Waals surface area contributed by atoms with Crippen molar-refractivity contribution in [2.75, 3.05) is 26.9 Å². The molecule has 0 saturated carbocycles. The number of esters is 1. The van der Waals surface area contributed by atoms with Crippen molar-refractivity contribution in [2.24, 2.45) is 13.0 Å². The Morgan fingerprint density at radius 1 is 1.14 bits per heavy atom. The van der Waals surface area contributed by atoms with Crippen molar-refractivity contribution in [1.29, 1.82) is 0 Å². The molecule has 0 fully saturated rings. The molecular formula is C22H36N2O5. The lowest BCUT2D eigenvalue weighted by molar-refractivity contribution is -0.133. The predicted molar refractivity (Wildman–Crippen MR) is 112 cm³/mol. The molecule has 0 radical (unpaired) electrons. The molecule has 7 nitrogen and oxygen atoms in total. The number of carbonyl (C=O) groups excluding carboxylic acids is 3. The number of nitrogens with zero attached hydrogens (tertiary/aromatic N) is 2. The lowest BCUT2D eigenvalue weighted by Crippen LogP contribution is -2.44. The van der Waals surface area contributed by atoms with E-state index in [-0.39, 0.29) is 17.6 Å². The van der Waals surface area contributed by atoms with E-state index in [0.717, 1.165) is 0 Å². The van der Waals surface area contributed by atoms with Crippen molar-refractivity contribution >= 4 is 17.7 Å². The number of hydrogen-bond acceptors (Lipinski definition) is 5. The molecule has 0 bridgehead atoms. The molecule has 1 heterocycles. The number of ether oxygens (including phenoxy) is 2. The Hall–Kier alpha value is -2.15. The molecule has 0 saturated heterocycles. The van der Waals surface area contributed by atoms with Crippen LogP contribution in [0, 0.1) is 19.8 Å². The van der Waals surface area contributed by atoms with Crippen molar-refractivity contribution < 1.29 is 23.9 Å². The molecule has 1 rings (SSSR count). The first-order valence-corrected chi connectivity index (χ1v) is 10.2. The van der Waals surface area contributed by atoms with Crippen LogP contribution in [0.5, 0.6) is 0 Å². The number of carbonyl (C=O) groups is 3. The highest BCUT2D eigenvalue weighted by Crippen LogP contribution is 2.25. The fourth-order valence-electron chi connectivity index (χ4n) is 3.56. The minimum atomic E-state index is -0.631. The van der Waals surface area contributed by atoms with Gasteiger partial charge in [0.1, 0.15) is 5.69 Å². The van der Waals surface area contributed by atoms with E-state index in [2.05, 4.69) is 0 Å². The SMILES string of the molecule is CCOCCCN(C(=O)CC(C)C)C(C)C(=O)c1c(C)c(C(=O)OC)n(C)c1C. The van der Waals surface area contributed by atoms with Gasteiger partial charge in [0.2, 0.25) is 5.91 Å². The molecule has 0 aromatic carbocycles. The number of amides is 1. The van der Waals surface area contributed by atoms with Crippen molar-refractivity contribution in [2.45, 2.75) is 60.4 Å². The number of ketones is 1. The quantitative estimate of drug-likeness (QED) is 0.319. The maximum absolute atomic E-state index is 13.4. The van der Waals surface area contributed by atoms with Gasteiger partial charge in [-0.05, 0) is 45.6 Å². The molecule has 164 valence electrons. The standard InChI is InChI=1S/C22H36N2O5/c1-9-29-12-10-11-24(18(25)13-14(2)3)17(6)21(26)19-15(4)20(22(27)28-8)23(7)16(19)5/h14,17H,9-13H2,1-8H3. The van der Waals surface area contributed by atoms with Gasteiger partial charge in [0, 0.05) is 44.5 Å². The zero-order valence-corrected chi connectivity index (χ0v) is 19.1. The van der Waals surface area contributed by atoms with E-state index in [4.69, 9.17) is 9.47 Å². The van der Waals surface area contributed by atoms with Gasteiger partial charge in [0.05, 0.1) is 13.2 Å². The van der Waals surface area contributed by atoms with E-state index < -0.39 is 12.0 Å². The van der Waals surface area contributed by atoms with Gasteiger partial charge in [-0.15, -0.1) is 0 Å². The molecule has 1 aromatic rings. The number of methoxy groups -OCH3 is 1. The summed E-state index contributed by atoms with van der Waals surface area (Å²) in [6.45, 7) is 12.8.